The molecule has 0 aliphatic heterocycles. The van der Waals surface area contributed by atoms with E-state index in [1.54, 1.807) is 36.5 Å². The molecule has 3 rings (SSSR count). The molecule has 1 heterocycles. The highest BCUT2D eigenvalue weighted by Gasteiger charge is 2.17. The van der Waals surface area contributed by atoms with Crippen molar-refractivity contribution in [3.05, 3.63) is 47.8 Å². The normalized spacial score (nSPS) is 15.2. The molecule has 0 unspecified atom stereocenters. The molecule has 0 radical (unpaired) electrons. The fourth-order valence-corrected chi connectivity index (χ4v) is 2.80. The van der Waals surface area contributed by atoms with Crippen LogP contribution in [0.15, 0.2) is 36.5 Å². The molecule has 5 heteroatoms. The average molecular weight is 311 g/mol. The maximum Gasteiger partial charge on any atom is 0.322 e. The van der Waals surface area contributed by atoms with Crippen LogP contribution in [0.4, 0.5) is 0 Å². The smallest absolute Gasteiger partial charge is 0.322 e. The van der Waals surface area contributed by atoms with Gasteiger partial charge in [0.2, 0.25) is 0 Å². The number of amides is 1. The first-order valence-corrected chi connectivity index (χ1v) is 8.09. The van der Waals surface area contributed by atoms with Crippen molar-refractivity contribution in [3.63, 3.8) is 0 Å². The molecule has 2 aromatic rings. The van der Waals surface area contributed by atoms with Crippen LogP contribution in [-0.4, -0.2) is 21.9 Å². The van der Waals surface area contributed by atoms with Crippen LogP contribution >= 0.6 is 0 Å². The summed E-state index contributed by atoms with van der Waals surface area (Å²) in [6, 6.07) is 9.51. The van der Waals surface area contributed by atoms with Gasteiger partial charge in [-0.3, -0.25) is 4.79 Å². The third kappa shape index (κ3) is 4.28. The van der Waals surface area contributed by atoms with Gasteiger partial charge in [0.25, 0.3) is 5.91 Å². The third-order valence-corrected chi connectivity index (χ3v) is 4.02. The highest BCUT2D eigenvalue weighted by Crippen LogP contribution is 2.21. The lowest BCUT2D eigenvalue weighted by Crippen LogP contribution is -2.36. The molecule has 0 atom stereocenters. The van der Waals surface area contributed by atoms with Gasteiger partial charge in [0.15, 0.2) is 0 Å². The van der Waals surface area contributed by atoms with E-state index in [4.69, 9.17) is 4.74 Å². The first-order valence-electron chi connectivity index (χ1n) is 8.09. The van der Waals surface area contributed by atoms with E-state index in [0.29, 0.717) is 17.4 Å². The summed E-state index contributed by atoms with van der Waals surface area (Å²) in [4.78, 5) is 20.6. The molecule has 5 nitrogen and oxygen atoms in total. The molecule has 23 heavy (non-hydrogen) atoms. The first kappa shape index (κ1) is 15.5. The Bertz CT molecular complexity index is 681. The number of carbonyl (C=O) groups is 1. The second kappa shape index (κ2) is 7.22. The minimum Gasteiger partial charge on any atom is -0.424 e. The molecule has 1 amide bonds. The quantitative estimate of drug-likeness (QED) is 0.936. The topological polar surface area (TPSA) is 64.1 Å². The number of benzene rings is 1. The van der Waals surface area contributed by atoms with Crippen molar-refractivity contribution in [2.45, 2.75) is 45.1 Å². The number of ether oxygens (including phenoxy) is 1. The minimum atomic E-state index is -0.0486. The van der Waals surface area contributed by atoms with E-state index in [1.807, 2.05) is 6.92 Å². The monoisotopic (exact) mass is 311 g/mol. The van der Waals surface area contributed by atoms with E-state index in [0.717, 1.165) is 18.5 Å². The number of nitrogens with one attached hydrogen (secondary N) is 1. The highest BCUT2D eigenvalue weighted by molar-refractivity contribution is 5.94. The Labute approximate surface area is 136 Å². The summed E-state index contributed by atoms with van der Waals surface area (Å²) in [7, 11) is 0. The highest BCUT2D eigenvalue weighted by atomic mass is 16.5. The van der Waals surface area contributed by atoms with Gasteiger partial charge in [-0.25, -0.2) is 9.97 Å². The van der Waals surface area contributed by atoms with Gasteiger partial charge in [0, 0.05) is 23.5 Å². The summed E-state index contributed by atoms with van der Waals surface area (Å²) < 4.78 is 5.64. The molecule has 1 aliphatic rings. The predicted molar refractivity (Wildman–Crippen MR) is 87.6 cm³/mol. The van der Waals surface area contributed by atoms with Crippen LogP contribution in [0, 0.1) is 6.92 Å². The summed E-state index contributed by atoms with van der Waals surface area (Å²) in [6.45, 7) is 1.88. The Balaban J connectivity index is 1.67. The standard InChI is InChI=1S/C18H21N3O2/c1-13-10-11-19-18(20-13)23-16-9-5-6-14(12-16)17(22)21-15-7-3-2-4-8-15/h5-6,9-12,15H,2-4,7-8H2,1H3,(H,21,22). The molecule has 1 fully saturated rings. The largest absolute Gasteiger partial charge is 0.424 e. The summed E-state index contributed by atoms with van der Waals surface area (Å²) in [6.07, 6.45) is 7.44. The number of hydrogen-bond acceptors (Lipinski definition) is 4. The Morgan fingerprint density at radius 2 is 2.04 bits per heavy atom. The van der Waals surface area contributed by atoms with Crippen molar-refractivity contribution >= 4 is 5.91 Å². The molecule has 1 N–H and O–H groups in total. The van der Waals surface area contributed by atoms with Gasteiger partial charge in [-0.05, 0) is 44.0 Å². The van der Waals surface area contributed by atoms with E-state index in [-0.39, 0.29) is 11.9 Å². The zero-order valence-corrected chi connectivity index (χ0v) is 13.3. The summed E-state index contributed by atoms with van der Waals surface area (Å²) >= 11 is 0. The van der Waals surface area contributed by atoms with E-state index in [9.17, 15) is 4.79 Å². The Morgan fingerprint density at radius 1 is 1.22 bits per heavy atom. The number of nitrogens with zero attached hydrogens (tertiary/aromatic N) is 2. The third-order valence-electron chi connectivity index (χ3n) is 4.02. The number of carbonyl (C=O) groups excluding carboxylic acids is 1. The molecule has 1 aliphatic carbocycles. The lowest BCUT2D eigenvalue weighted by molar-refractivity contribution is 0.0927. The van der Waals surface area contributed by atoms with Gasteiger partial charge in [0.1, 0.15) is 5.75 Å². The fraction of sp³-hybridized carbons (Fsp3) is 0.389. The second-order valence-corrected chi connectivity index (χ2v) is 5.92. The molecule has 1 aromatic heterocycles. The van der Waals surface area contributed by atoms with Gasteiger partial charge in [-0.1, -0.05) is 25.3 Å². The fourth-order valence-electron chi connectivity index (χ4n) is 2.80. The van der Waals surface area contributed by atoms with E-state index < -0.39 is 0 Å². The summed E-state index contributed by atoms with van der Waals surface area (Å²) in [5.74, 6) is 0.513. The SMILES string of the molecule is Cc1ccnc(Oc2cccc(C(=O)NC3CCCCC3)c2)n1. The molecule has 120 valence electrons. The van der Waals surface area contributed by atoms with Gasteiger partial charge in [-0.2, -0.15) is 0 Å². The van der Waals surface area contributed by atoms with E-state index in [1.165, 1.54) is 19.3 Å². The van der Waals surface area contributed by atoms with Crippen LogP contribution in [0.2, 0.25) is 0 Å². The molecule has 0 saturated heterocycles. The zero-order chi connectivity index (χ0) is 16.1. The van der Waals surface area contributed by atoms with Gasteiger partial charge >= 0.3 is 6.01 Å². The van der Waals surface area contributed by atoms with Crippen molar-refractivity contribution in [1.29, 1.82) is 0 Å². The first-order chi connectivity index (χ1) is 11.2. The summed E-state index contributed by atoms with van der Waals surface area (Å²) in [5.41, 5.74) is 1.43. The zero-order valence-electron chi connectivity index (χ0n) is 13.3. The van der Waals surface area contributed by atoms with Crippen LogP contribution in [-0.2, 0) is 0 Å². The maximum atomic E-state index is 12.4. The van der Waals surface area contributed by atoms with Crippen molar-refractivity contribution in [2.75, 3.05) is 0 Å². The predicted octanol–water partition coefficient (Wildman–Crippen LogP) is 3.64. The second-order valence-electron chi connectivity index (χ2n) is 5.92. The van der Waals surface area contributed by atoms with Crippen LogP contribution in [0.1, 0.15) is 48.2 Å². The van der Waals surface area contributed by atoms with Gasteiger partial charge < -0.3 is 10.1 Å². The maximum absolute atomic E-state index is 12.4. The van der Waals surface area contributed by atoms with Crippen molar-refractivity contribution in [3.8, 4) is 11.8 Å². The lowest BCUT2D eigenvalue weighted by atomic mass is 9.95. The lowest BCUT2D eigenvalue weighted by Gasteiger charge is -2.22. The Kier molecular flexibility index (Phi) is 4.86. The number of aryl methyl sites for hydroxylation is 1. The Hall–Kier alpha value is -2.43. The molecular weight excluding hydrogens is 290 g/mol. The molecule has 0 spiro atoms. The van der Waals surface area contributed by atoms with Crippen LogP contribution in [0.25, 0.3) is 0 Å². The van der Waals surface area contributed by atoms with Crippen molar-refractivity contribution in [1.82, 2.24) is 15.3 Å². The molecule has 0 bridgehead atoms. The van der Waals surface area contributed by atoms with Gasteiger partial charge in [-0.15, -0.1) is 0 Å². The van der Waals surface area contributed by atoms with Gasteiger partial charge in [0.05, 0.1) is 0 Å². The van der Waals surface area contributed by atoms with Crippen LogP contribution < -0.4 is 10.1 Å². The molecule has 1 saturated carbocycles. The minimum absolute atomic E-state index is 0.0486. The number of rotatable bonds is 4. The average Bonchev–Trinajstić information content (AvgIpc) is 2.56. The van der Waals surface area contributed by atoms with E-state index in [2.05, 4.69) is 15.3 Å². The van der Waals surface area contributed by atoms with Crippen molar-refractivity contribution < 1.29 is 9.53 Å². The molecule has 1 aromatic carbocycles. The molecular formula is C18H21N3O2. The Morgan fingerprint density at radius 3 is 2.83 bits per heavy atom. The summed E-state index contributed by atoms with van der Waals surface area (Å²) in [5, 5.41) is 3.11. The number of aromatic nitrogens is 2. The van der Waals surface area contributed by atoms with Crippen molar-refractivity contribution in [2.24, 2.45) is 0 Å². The number of hydrogen-bond donors (Lipinski definition) is 1. The van der Waals surface area contributed by atoms with Crippen LogP contribution in [0.3, 0.4) is 0 Å². The van der Waals surface area contributed by atoms with Crippen LogP contribution in [0.5, 0.6) is 11.8 Å². The van der Waals surface area contributed by atoms with E-state index >= 15 is 0 Å².